The quantitative estimate of drug-likeness (QED) is 0.489. The number of nitrogens with zero attached hydrogens (tertiary/aromatic N) is 5. The summed E-state index contributed by atoms with van der Waals surface area (Å²) in [6.07, 6.45) is 3.86. The molecule has 0 unspecified atom stereocenters. The fourth-order valence-electron chi connectivity index (χ4n) is 6.10. The van der Waals surface area contributed by atoms with Gasteiger partial charge >= 0.3 is 5.97 Å². The van der Waals surface area contributed by atoms with Gasteiger partial charge in [0.25, 0.3) is 5.91 Å². The van der Waals surface area contributed by atoms with Crippen molar-refractivity contribution in [3.05, 3.63) is 53.6 Å². The van der Waals surface area contributed by atoms with E-state index in [1.807, 2.05) is 24.8 Å². The molecule has 0 spiro atoms. The molecule has 3 heterocycles. The van der Waals surface area contributed by atoms with E-state index in [9.17, 15) is 23.9 Å². The van der Waals surface area contributed by atoms with E-state index in [1.54, 1.807) is 27.7 Å². The molecule has 2 aliphatic rings. The topological polar surface area (TPSA) is 108 Å². The number of halogens is 1. The van der Waals surface area contributed by atoms with Gasteiger partial charge in [0.15, 0.2) is 5.65 Å². The lowest BCUT2D eigenvalue weighted by Gasteiger charge is -2.47. The Hall–Kier alpha value is -3.82. The van der Waals surface area contributed by atoms with Crippen molar-refractivity contribution in [1.29, 1.82) is 0 Å². The number of aromatic nitrogens is 3. The van der Waals surface area contributed by atoms with Crippen LogP contribution in [0.2, 0.25) is 0 Å². The molecule has 2 amide bonds. The van der Waals surface area contributed by atoms with Gasteiger partial charge < -0.3 is 14.9 Å². The second kappa shape index (κ2) is 10.5. The SMILES string of the molecule is CC(C)(C)c1cc(-c2ccc(F)cc2)nn2cc(C(=O)N3CCN(C(=O)C4CCC(C(=O)O)CC4)CC3(C)C)nc12. The molecule has 0 atom stereocenters. The van der Waals surface area contributed by atoms with E-state index in [2.05, 4.69) is 20.8 Å². The second-order valence-corrected chi connectivity index (χ2v) is 13.0. The molecule has 10 heteroatoms. The van der Waals surface area contributed by atoms with Gasteiger partial charge in [-0.2, -0.15) is 5.10 Å². The van der Waals surface area contributed by atoms with Crippen LogP contribution < -0.4 is 0 Å². The minimum absolute atomic E-state index is 0.0501. The molecule has 2 aromatic heterocycles. The summed E-state index contributed by atoms with van der Waals surface area (Å²) in [5.74, 6) is -1.81. The van der Waals surface area contributed by atoms with Crippen molar-refractivity contribution in [2.24, 2.45) is 11.8 Å². The van der Waals surface area contributed by atoms with Crippen molar-refractivity contribution in [1.82, 2.24) is 24.4 Å². The summed E-state index contributed by atoms with van der Waals surface area (Å²) in [7, 11) is 0. The lowest BCUT2D eigenvalue weighted by atomic mass is 9.81. The summed E-state index contributed by atoms with van der Waals surface area (Å²) in [6, 6.07) is 8.10. The van der Waals surface area contributed by atoms with Crippen LogP contribution in [0.5, 0.6) is 0 Å². The van der Waals surface area contributed by atoms with Crippen molar-refractivity contribution >= 4 is 23.4 Å². The van der Waals surface area contributed by atoms with Gasteiger partial charge in [-0.05, 0) is 75.3 Å². The van der Waals surface area contributed by atoms with Crippen LogP contribution >= 0.6 is 0 Å². The Labute approximate surface area is 239 Å². The normalized spacial score (nSPS) is 21.2. The number of hydrogen-bond acceptors (Lipinski definition) is 5. The molecule has 1 aromatic carbocycles. The van der Waals surface area contributed by atoms with Gasteiger partial charge in [-0.25, -0.2) is 13.9 Å². The van der Waals surface area contributed by atoms with Gasteiger partial charge in [0.1, 0.15) is 11.5 Å². The summed E-state index contributed by atoms with van der Waals surface area (Å²) in [4.78, 5) is 46.8. The molecule has 1 aliphatic heterocycles. The molecule has 1 saturated carbocycles. The molecule has 1 N–H and O–H groups in total. The number of carbonyl (C=O) groups excluding carboxylic acids is 2. The molecule has 218 valence electrons. The Balaban J connectivity index is 1.37. The highest BCUT2D eigenvalue weighted by Gasteiger charge is 2.41. The highest BCUT2D eigenvalue weighted by atomic mass is 19.1. The summed E-state index contributed by atoms with van der Waals surface area (Å²) < 4.78 is 15.2. The number of rotatable bonds is 4. The number of amides is 2. The second-order valence-electron chi connectivity index (χ2n) is 13.0. The number of carboxylic acid groups (broad SMARTS) is 1. The van der Waals surface area contributed by atoms with Crippen LogP contribution in [-0.2, 0) is 15.0 Å². The maximum atomic E-state index is 13.8. The lowest BCUT2D eigenvalue weighted by Crippen LogP contribution is -2.62. The largest absolute Gasteiger partial charge is 0.481 e. The fraction of sp³-hybridized carbons (Fsp3) is 0.516. The third-order valence-corrected chi connectivity index (χ3v) is 8.48. The van der Waals surface area contributed by atoms with Crippen LogP contribution in [-0.4, -0.2) is 72.5 Å². The third kappa shape index (κ3) is 5.69. The molecule has 41 heavy (non-hydrogen) atoms. The van der Waals surface area contributed by atoms with Gasteiger partial charge in [0.2, 0.25) is 5.91 Å². The summed E-state index contributed by atoms with van der Waals surface area (Å²) >= 11 is 0. The molecule has 2 fully saturated rings. The fourth-order valence-corrected chi connectivity index (χ4v) is 6.10. The van der Waals surface area contributed by atoms with Crippen LogP contribution in [0.3, 0.4) is 0 Å². The summed E-state index contributed by atoms with van der Waals surface area (Å²) in [5.41, 5.74) is 2.29. The maximum absolute atomic E-state index is 13.8. The number of fused-ring (bicyclic) bond motifs is 1. The number of carbonyl (C=O) groups is 3. The molecule has 3 aromatic rings. The number of hydrogen-bond donors (Lipinski definition) is 1. The van der Waals surface area contributed by atoms with E-state index >= 15 is 0 Å². The van der Waals surface area contributed by atoms with Crippen molar-refractivity contribution in [3.63, 3.8) is 0 Å². The van der Waals surface area contributed by atoms with E-state index < -0.39 is 11.5 Å². The Morgan fingerprint density at radius 3 is 2.22 bits per heavy atom. The smallest absolute Gasteiger partial charge is 0.306 e. The Morgan fingerprint density at radius 2 is 1.63 bits per heavy atom. The van der Waals surface area contributed by atoms with E-state index in [-0.39, 0.29) is 40.6 Å². The van der Waals surface area contributed by atoms with E-state index in [0.29, 0.717) is 56.7 Å². The minimum atomic E-state index is -0.785. The summed E-state index contributed by atoms with van der Waals surface area (Å²) in [6.45, 7) is 11.3. The van der Waals surface area contributed by atoms with Gasteiger partial charge in [0, 0.05) is 36.7 Å². The first-order valence-electron chi connectivity index (χ1n) is 14.2. The third-order valence-electron chi connectivity index (χ3n) is 8.48. The number of piperazine rings is 1. The van der Waals surface area contributed by atoms with Crippen LogP contribution in [0.1, 0.15) is 76.4 Å². The molecular weight excluding hydrogens is 525 g/mol. The predicted octanol–water partition coefficient (Wildman–Crippen LogP) is 4.79. The molecule has 1 saturated heterocycles. The first-order chi connectivity index (χ1) is 19.2. The van der Waals surface area contributed by atoms with Crippen LogP contribution in [0.4, 0.5) is 4.39 Å². The molecule has 0 radical (unpaired) electrons. The van der Waals surface area contributed by atoms with Crippen LogP contribution in [0.25, 0.3) is 16.9 Å². The monoisotopic (exact) mass is 563 g/mol. The van der Waals surface area contributed by atoms with E-state index in [4.69, 9.17) is 10.1 Å². The average Bonchev–Trinajstić information content (AvgIpc) is 3.35. The van der Waals surface area contributed by atoms with Gasteiger partial charge in [0.05, 0.1) is 23.3 Å². The van der Waals surface area contributed by atoms with Crippen molar-refractivity contribution in [3.8, 4) is 11.3 Å². The van der Waals surface area contributed by atoms with Crippen molar-refractivity contribution in [2.75, 3.05) is 19.6 Å². The highest BCUT2D eigenvalue weighted by Crippen LogP contribution is 2.33. The summed E-state index contributed by atoms with van der Waals surface area (Å²) in [5, 5.41) is 14.0. The number of benzene rings is 1. The van der Waals surface area contributed by atoms with Gasteiger partial charge in [-0.15, -0.1) is 0 Å². The Morgan fingerprint density at radius 1 is 1.00 bits per heavy atom. The van der Waals surface area contributed by atoms with Crippen molar-refractivity contribution in [2.45, 2.75) is 71.3 Å². The molecule has 1 aliphatic carbocycles. The lowest BCUT2D eigenvalue weighted by molar-refractivity contribution is -0.147. The van der Waals surface area contributed by atoms with E-state index in [0.717, 1.165) is 11.1 Å². The minimum Gasteiger partial charge on any atom is -0.481 e. The first kappa shape index (κ1) is 28.7. The zero-order valence-corrected chi connectivity index (χ0v) is 24.4. The molecule has 0 bridgehead atoms. The standard InChI is InChI=1S/C31H38FN5O4/c1-30(2,3)23-16-24(19-10-12-22(32)13-11-19)34-37-17-25(33-26(23)37)28(39)36-15-14-35(18-31(36,4)5)27(38)20-6-8-21(9-7-20)29(40)41/h10-13,16-17,20-21H,6-9,14-15,18H2,1-5H3,(H,40,41). The Kier molecular flexibility index (Phi) is 7.38. The van der Waals surface area contributed by atoms with Crippen LogP contribution in [0.15, 0.2) is 36.5 Å². The first-order valence-corrected chi connectivity index (χ1v) is 14.2. The maximum Gasteiger partial charge on any atom is 0.306 e. The zero-order valence-electron chi connectivity index (χ0n) is 24.4. The Bertz CT molecular complexity index is 1480. The zero-order chi connectivity index (χ0) is 29.7. The predicted molar refractivity (Wildman–Crippen MR) is 152 cm³/mol. The highest BCUT2D eigenvalue weighted by molar-refractivity contribution is 5.94. The molecular formula is C31H38FN5O4. The number of imidazole rings is 1. The van der Waals surface area contributed by atoms with Gasteiger partial charge in [-0.1, -0.05) is 20.8 Å². The molecule has 9 nitrogen and oxygen atoms in total. The molecule has 5 rings (SSSR count). The number of aliphatic carboxylic acids is 1. The van der Waals surface area contributed by atoms with Gasteiger partial charge in [-0.3, -0.25) is 14.4 Å². The van der Waals surface area contributed by atoms with E-state index in [1.165, 1.54) is 12.1 Å². The van der Waals surface area contributed by atoms with Crippen LogP contribution in [0, 0.1) is 17.7 Å². The number of carboxylic acids is 1. The average molecular weight is 564 g/mol. The van der Waals surface area contributed by atoms with Crippen molar-refractivity contribution < 1.29 is 23.9 Å².